The van der Waals surface area contributed by atoms with E-state index in [1.807, 2.05) is 49.9 Å². The lowest BCUT2D eigenvalue weighted by Crippen LogP contribution is -2.50. The minimum Gasteiger partial charge on any atom is -0.484 e. The molecule has 3 rings (SSSR count). The maximum absolute atomic E-state index is 12.5. The molecule has 2 amide bonds. The van der Waals surface area contributed by atoms with Crippen LogP contribution in [-0.2, 0) is 9.59 Å². The lowest BCUT2D eigenvalue weighted by atomic mass is 10.2. The second-order valence-electron chi connectivity index (χ2n) is 7.28. The van der Waals surface area contributed by atoms with Gasteiger partial charge in [-0.2, -0.15) is 0 Å². The van der Waals surface area contributed by atoms with E-state index in [-0.39, 0.29) is 24.5 Å². The van der Waals surface area contributed by atoms with E-state index in [4.69, 9.17) is 4.74 Å². The van der Waals surface area contributed by atoms with Gasteiger partial charge in [0.2, 0.25) is 11.0 Å². The Bertz CT molecular complexity index is 866. The molecule has 0 saturated carbocycles. The number of thioether (sulfide) groups is 1. The van der Waals surface area contributed by atoms with Gasteiger partial charge in [-0.15, -0.1) is 10.2 Å². The van der Waals surface area contributed by atoms with Gasteiger partial charge in [0.15, 0.2) is 10.9 Å². The number of nitrogens with zero attached hydrogens (tertiary/aromatic N) is 4. The van der Waals surface area contributed by atoms with Crippen LogP contribution in [0.2, 0.25) is 0 Å². The Balaban J connectivity index is 1.43. The molecule has 2 aromatic rings. The molecule has 1 fully saturated rings. The van der Waals surface area contributed by atoms with E-state index in [1.165, 1.54) is 23.1 Å². The van der Waals surface area contributed by atoms with Crippen molar-refractivity contribution in [2.45, 2.75) is 31.2 Å². The molecule has 8 nitrogen and oxygen atoms in total. The first-order valence-corrected chi connectivity index (χ1v) is 11.7. The Kier molecular flexibility index (Phi) is 7.92. The van der Waals surface area contributed by atoms with Crippen LogP contribution in [-0.4, -0.2) is 71.5 Å². The molecule has 0 atom stereocenters. The molecule has 10 heteroatoms. The molecule has 2 heterocycles. The van der Waals surface area contributed by atoms with Crippen LogP contribution in [0.5, 0.6) is 5.75 Å². The van der Waals surface area contributed by atoms with Crippen LogP contribution in [0.25, 0.3) is 0 Å². The zero-order chi connectivity index (χ0) is 21.5. The summed E-state index contributed by atoms with van der Waals surface area (Å²) in [6.45, 7) is 8.51. The van der Waals surface area contributed by atoms with Crippen molar-refractivity contribution in [2.75, 3.05) is 43.4 Å². The Morgan fingerprint density at radius 1 is 1.20 bits per heavy atom. The molecule has 0 aliphatic carbocycles. The molecule has 0 radical (unpaired) electrons. The quantitative estimate of drug-likeness (QED) is 0.618. The number of hydrogen-bond donors (Lipinski definition) is 1. The number of piperazine rings is 1. The third kappa shape index (κ3) is 6.33. The van der Waals surface area contributed by atoms with Gasteiger partial charge in [-0.3, -0.25) is 9.59 Å². The largest absolute Gasteiger partial charge is 0.484 e. The summed E-state index contributed by atoms with van der Waals surface area (Å²) in [6, 6.07) is 7.81. The normalized spacial score (nSPS) is 14.1. The molecular formula is C20H27N5O3S2. The monoisotopic (exact) mass is 449 g/mol. The fourth-order valence-corrected chi connectivity index (χ4v) is 4.68. The number of anilines is 1. The van der Waals surface area contributed by atoms with Crippen molar-refractivity contribution in [1.82, 2.24) is 20.4 Å². The molecule has 1 aromatic carbocycles. The first kappa shape index (κ1) is 22.4. The number of carbonyl (C=O) groups excluding carboxylic acids is 2. The van der Waals surface area contributed by atoms with Crippen molar-refractivity contribution in [2.24, 2.45) is 0 Å². The summed E-state index contributed by atoms with van der Waals surface area (Å²) in [5.74, 6) is 1.05. The molecule has 0 bridgehead atoms. The number of aryl methyl sites for hydroxylation is 1. The third-order valence-electron chi connectivity index (χ3n) is 4.52. The number of carbonyl (C=O) groups is 2. The highest BCUT2D eigenvalue weighted by molar-refractivity contribution is 8.01. The number of para-hydroxylation sites is 1. The summed E-state index contributed by atoms with van der Waals surface area (Å²) in [6.07, 6.45) is 0. The zero-order valence-electron chi connectivity index (χ0n) is 17.5. The molecule has 1 aliphatic heterocycles. The summed E-state index contributed by atoms with van der Waals surface area (Å²) in [5, 5.41) is 12.1. The second-order valence-corrected chi connectivity index (χ2v) is 9.46. The molecule has 1 aromatic heterocycles. The highest BCUT2D eigenvalue weighted by Gasteiger charge is 2.24. The van der Waals surface area contributed by atoms with Crippen LogP contribution in [0.1, 0.15) is 19.4 Å². The first-order valence-electron chi connectivity index (χ1n) is 9.89. The minimum atomic E-state index is -0.0115. The van der Waals surface area contributed by atoms with E-state index in [0.29, 0.717) is 31.9 Å². The van der Waals surface area contributed by atoms with E-state index in [2.05, 4.69) is 20.4 Å². The highest BCUT2D eigenvalue weighted by Crippen LogP contribution is 2.28. The average Bonchev–Trinajstić information content (AvgIpc) is 3.20. The maximum Gasteiger partial charge on any atom is 0.260 e. The summed E-state index contributed by atoms with van der Waals surface area (Å²) in [4.78, 5) is 28.2. The van der Waals surface area contributed by atoms with Crippen LogP contribution in [0.15, 0.2) is 28.6 Å². The molecule has 1 N–H and O–H groups in total. The Labute approximate surface area is 185 Å². The van der Waals surface area contributed by atoms with Crippen molar-refractivity contribution in [3.63, 3.8) is 0 Å². The van der Waals surface area contributed by atoms with Gasteiger partial charge in [0, 0.05) is 32.2 Å². The average molecular weight is 450 g/mol. The van der Waals surface area contributed by atoms with Gasteiger partial charge in [-0.1, -0.05) is 41.3 Å². The predicted octanol–water partition coefficient (Wildman–Crippen LogP) is 2.19. The van der Waals surface area contributed by atoms with Crippen molar-refractivity contribution in [1.29, 1.82) is 0 Å². The number of nitrogens with one attached hydrogen (secondary N) is 1. The van der Waals surface area contributed by atoms with Crippen LogP contribution in [0, 0.1) is 6.92 Å². The highest BCUT2D eigenvalue weighted by atomic mass is 32.2. The smallest absolute Gasteiger partial charge is 0.260 e. The zero-order valence-corrected chi connectivity index (χ0v) is 19.1. The molecular weight excluding hydrogens is 422 g/mol. The Morgan fingerprint density at radius 3 is 2.63 bits per heavy atom. The lowest BCUT2D eigenvalue weighted by molar-refractivity contribution is -0.133. The number of hydrogen-bond acceptors (Lipinski definition) is 8. The van der Waals surface area contributed by atoms with Gasteiger partial charge in [-0.05, 0) is 32.4 Å². The molecule has 162 valence electrons. The van der Waals surface area contributed by atoms with Crippen LogP contribution in [0.3, 0.4) is 0 Å². The van der Waals surface area contributed by atoms with Crippen molar-refractivity contribution < 1.29 is 14.3 Å². The number of amides is 2. The van der Waals surface area contributed by atoms with Gasteiger partial charge in [0.1, 0.15) is 5.75 Å². The van der Waals surface area contributed by atoms with E-state index in [9.17, 15) is 9.59 Å². The second kappa shape index (κ2) is 10.6. The van der Waals surface area contributed by atoms with Gasteiger partial charge >= 0.3 is 0 Å². The standard InChI is InChI=1S/C20H27N5O3S2/c1-14(2)21-17(26)13-29-20-23-22-19(30-20)25-10-8-24(9-11-25)18(27)12-28-16-7-5-4-6-15(16)3/h4-7,14H,8-13H2,1-3H3,(H,21,26). The number of benzene rings is 1. The van der Waals surface area contributed by atoms with E-state index < -0.39 is 0 Å². The Hall–Kier alpha value is -2.33. The SMILES string of the molecule is Cc1ccccc1OCC(=O)N1CCN(c2nnc(SCC(=O)NC(C)C)s2)CC1. The van der Waals surface area contributed by atoms with Gasteiger partial charge in [0.25, 0.3) is 5.91 Å². The summed E-state index contributed by atoms with van der Waals surface area (Å²) < 4.78 is 6.45. The van der Waals surface area contributed by atoms with Crippen LogP contribution >= 0.6 is 23.1 Å². The van der Waals surface area contributed by atoms with Crippen LogP contribution < -0.4 is 15.0 Å². The molecule has 1 aliphatic rings. The fourth-order valence-electron chi connectivity index (χ4n) is 2.98. The topological polar surface area (TPSA) is 87.7 Å². The fraction of sp³-hybridized carbons (Fsp3) is 0.500. The van der Waals surface area contributed by atoms with Crippen LogP contribution in [0.4, 0.5) is 5.13 Å². The predicted molar refractivity (Wildman–Crippen MR) is 119 cm³/mol. The van der Waals surface area contributed by atoms with Gasteiger partial charge < -0.3 is 19.9 Å². The van der Waals surface area contributed by atoms with E-state index in [0.717, 1.165) is 20.8 Å². The molecule has 30 heavy (non-hydrogen) atoms. The Morgan fingerprint density at radius 2 is 1.93 bits per heavy atom. The molecule has 0 unspecified atom stereocenters. The first-order chi connectivity index (χ1) is 14.4. The summed E-state index contributed by atoms with van der Waals surface area (Å²) in [5.41, 5.74) is 1.02. The van der Waals surface area contributed by atoms with E-state index >= 15 is 0 Å². The number of ether oxygens (including phenoxy) is 1. The molecule has 0 spiro atoms. The number of aromatic nitrogens is 2. The van der Waals surface area contributed by atoms with Crippen molar-refractivity contribution in [3.05, 3.63) is 29.8 Å². The molecule has 1 saturated heterocycles. The van der Waals surface area contributed by atoms with Crippen molar-refractivity contribution in [3.8, 4) is 5.75 Å². The summed E-state index contributed by atoms with van der Waals surface area (Å²) in [7, 11) is 0. The minimum absolute atomic E-state index is 0.00760. The summed E-state index contributed by atoms with van der Waals surface area (Å²) >= 11 is 2.87. The van der Waals surface area contributed by atoms with Crippen molar-refractivity contribution >= 4 is 40.0 Å². The lowest BCUT2D eigenvalue weighted by Gasteiger charge is -2.34. The van der Waals surface area contributed by atoms with Gasteiger partial charge in [0.05, 0.1) is 5.75 Å². The van der Waals surface area contributed by atoms with E-state index in [1.54, 1.807) is 0 Å². The number of rotatable bonds is 8. The third-order valence-corrected chi connectivity index (χ3v) is 6.64. The maximum atomic E-state index is 12.5. The van der Waals surface area contributed by atoms with Gasteiger partial charge in [-0.25, -0.2) is 0 Å².